The van der Waals surface area contributed by atoms with Gasteiger partial charge < -0.3 is 24.3 Å². The molecule has 3 aromatic rings. The normalized spacial score (nSPS) is 27.9. The maximum Gasteiger partial charge on any atom is 0.193 e. The third kappa shape index (κ3) is 5.03. The number of nitrogens with one attached hydrogen (secondary N) is 1. The van der Waals surface area contributed by atoms with Crippen molar-refractivity contribution in [3.63, 3.8) is 0 Å². The summed E-state index contributed by atoms with van der Waals surface area (Å²) >= 11 is 0. The molecule has 0 amide bonds. The summed E-state index contributed by atoms with van der Waals surface area (Å²) in [5.41, 5.74) is 4.25. The summed E-state index contributed by atoms with van der Waals surface area (Å²) in [4.78, 5) is 7.60. The van der Waals surface area contributed by atoms with E-state index in [1.807, 2.05) is 24.3 Å². The monoisotopic (exact) mass is 528 g/mol. The lowest BCUT2D eigenvalue weighted by molar-refractivity contribution is 0.00794. The third-order valence-corrected chi connectivity index (χ3v) is 8.46. The van der Waals surface area contributed by atoms with Crippen molar-refractivity contribution in [2.24, 2.45) is 5.92 Å². The Morgan fingerprint density at radius 2 is 1.89 bits per heavy atom. The summed E-state index contributed by atoms with van der Waals surface area (Å²) in [5, 5.41) is 9.92. The molecule has 1 unspecified atom stereocenters. The molecule has 5 atom stereocenters. The van der Waals surface area contributed by atoms with Crippen molar-refractivity contribution < 1.29 is 32.1 Å². The molecule has 0 spiro atoms. The zero-order chi connectivity index (χ0) is 25.7. The number of hydrogen-bond donors (Lipinski definition) is 2. The SMILES string of the molecule is CS(=O)(=O)CC1CC=C(c2ccc(-c3nc4cc(O[C@@H]5CO[C@H]6[C@@H]5OC[C@H]6O)[nH]c4cc3F)cc2)CC1. The summed E-state index contributed by atoms with van der Waals surface area (Å²) in [6, 6.07) is 10.8. The lowest BCUT2D eigenvalue weighted by Gasteiger charge is -2.21. The van der Waals surface area contributed by atoms with Crippen molar-refractivity contribution >= 4 is 26.4 Å². The predicted octanol–water partition coefficient (Wildman–Crippen LogP) is 3.50. The first-order valence-electron chi connectivity index (χ1n) is 12.5. The van der Waals surface area contributed by atoms with Gasteiger partial charge in [0, 0.05) is 24.0 Å². The Kier molecular flexibility index (Phi) is 6.30. The number of ether oxygens (including phenoxy) is 3. The van der Waals surface area contributed by atoms with E-state index in [0.717, 1.165) is 24.8 Å². The summed E-state index contributed by atoms with van der Waals surface area (Å²) < 4.78 is 55.4. The minimum absolute atomic E-state index is 0.165. The topological polar surface area (TPSA) is 111 Å². The number of sulfone groups is 1. The van der Waals surface area contributed by atoms with Crippen LogP contribution in [0.1, 0.15) is 24.8 Å². The number of aliphatic hydroxyl groups is 1. The molecule has 2 N–H and O–H groups in total. The fraction of sp³-hybridized carbons (Fsp3) is 0.444. The van der Waals surface area contributed by atoms with Crippen LogP contribution in [0.25, 0.3) is 27.9 Å². The number of H-pyrrole nitrogens is 1. The lowest BCUT2D eigenvalue weighted by atomic mass is 9.87. The number of allylic oxidation sites excluding steroid dienone is 2. The smallest absolute Gasteiger partial charge is 0.193 e. The first-order valence-corrected chi connectivity index (χ1v) is 14.5. The molecule has 0 radical (unpaired) electrons. The van der Waals surface area contributed by atoms with E-state index in [1.165, 1.54) is 17.9 Å². The van der Waals surface area contributed by atoms with Gasteiger partial charge in [-0.3, -0.25) is 0 Å². The van der Waals surface area contributed by atoms with Crippen LogP contribution in [0.5, 0.6) is 5.88 Å². The Balaban J connectivity index is 1.17. The second kappa shape index (κ2) is 9.50. The molecule has 3 aliphatic rings. The average molecular weight is 529 g/mol. The van der Waals surface area contributed by atoms with Gasteiger partial charge in [-0.05, 0) is 36.3 Å². The van der Waals surface area contributed by atoms with Crippen molar-refractivity contribution in [3.8, 4) is 17.1 Å². The molecule has 0 saturated carbocycles. The Morgan fingerprint density at radius 1 is 1.14 bits per heavy atom. The van der Waals surface area contributed by atoms with Crippen molar-refractivity contribution in [2.45, 2.75) is 43.7 Å². The second-order valence-electron chi connectivity index (χ2n) is 10.2. The average Bonchev–Trinajstić information content (AvgIpc) is 3.55. The zero-order valence-electron chi connectivity index (χ0n) is 20.4. The van der Waals surface area contributed by atoms with E-state index in [0.29, 0.717) is 29.1 Å². The van der Waals surface area contributed by atoms with Gasteiger partial charge in [-0.15, -0.1) is 0 Å². The van der Waals surface area contributed by atoms with Crippen LogP contribution in [0.2, 0.25) is 0 Å². The molecule has 10 heteroatoms. The Morgan fingerprint density at radius 3 is 2.62 bits per heavy atom. The molecule has 1 aromatic carbocycles. The van der Waals surface area contributed by atoms with E-state index < -0.39 is 27.9 Å². The van der Waals surface area contributed by atoms with E-state index in [9.17, 15) is 13.5 Å². The number of nitrogens with zero attached hydrogens (tertiary/aromatic N) is 1. The number of halogens is 1. The molecule has 196 valence electrons. The number of aromatic amines is 1. The summed E-state index contributed by atoms with van der Waals surface area (Å²) in [7, 11) is -2.97. The number of rotatable bonds is 6. The summed E-state index contributed by atoms with van der Waals surface area (Å²) in [6.45, 7) is 0.522. The van der Waals surface area contributed by atoms with Gasteiger partial charge in [-0.1, -0.05) is 30.3 Å². The third-order valence-electron chi connectivity index (χ3n) is 7.38. The van der Waals surface area contributed by atoms with Crippen LogP contribution in [-0.4, -0.2) is 73.1 Å². The number of aromatic nitrogens is 2. The highest BCUT2D eigenvalue weighted by atomic mass is 32.2. The molecule has 2 aromatic heterocycles. The lowest BCUT2D eigenvalue weighted by Crippen LogP contribution is -2.34. The van der Waals surface area contributed by atoms with Crippen LogP contribution in [0.15, 0.2) is 42.5 Å². The molecule has 2 aliphatic heterocycles. The number of pyridine rings is 1. The van der Waals surface area contributed by atoms with Crippen molar-refractivity contribution in [1.82, 2.24) is 9.97 Å². The standard InChI is InChI=1S/C27H29FN2O6S/c1-37(32,33)14-15-2-4-16(5-3-15)17-6-8-18(9-7-17)25-19(28)10-20-21(30-25)11-24(29-20)36-23-13-35-26-22(31)12-34-27(23)26/h4,6-11,15,22-23,26-27,29,31H,2-3,5,12-14H2,1H3/t15?,22-,23-,26-,27-/m1/s1. The molecule has 1 aliphatic carbocycles. The Hall–Kier alpha value is -2.79. The van der Waals surface area contributed by atoms with Crippen LogP contribution in [0.4, 0.5) is 4.39 Å². The van der Waals surface area contributed by atoms with Crippen molar-refractivity contribution in [2.75, 3.05) is 25.2 Å². The molecular weight excluding hydrogens is 499 g/mol. The van der Waals surface area contributed by atoms with Gasteiger partial charge in [-0.2, -0.15) is 0 Å². The van der Waals surface area contributed by atoms with Gasteiger partial charge >= 0.3 is 0 Å². The Labute approximate surface area is 214 Å². The minimum Gasteiger partial charge on any atom is -0.470 e. The van der Waals surface area contributed by atoms with Gasteiger partial charge in [0.2, 0.25) is 0 Å². The molecular formula is C27H29FN2O6S. The molecule has 0 bridgehead atoms. The fourth-order valence-corrected chi connectivity index (χ4v) is 6.71. The molecule has 4 heterocycles. The largest absolute Gasteiger partial charge is 0.470 e. The van der Waals surface area contributed by atoms with E-state index in [2.05, 4.69) is 16.0 Å². The van der Waals surface area contributed by atoms with Crippen LogP contribution >= 0.6 is 0 Å². The van der Waals surface area contributed by atoms with E-state index in [1.54, 1.807) is 6.07 Å². The van der Waals surface area contributed by atoms with Gasteiger partial charge in [-0.25, -0.2) is 17.8 Å². The van der Waals surface area contributed by atoms with Gasteiger partial charge in [0.25, 0.3) is 0 Å². The molecule has 6 rings (SSSR count). The number of benzene rings is 1. The highest BCUT2D eigenvalue weighted by Gasteiger charge is 2.48. The summed E-state index contributed by atoms with van der Waals surface area (Å²) in [5.74, 6) is 0.382. The fourth-order valence-electron chi connectivity index (χ4n) is 5.55. The molecule has 2 fully saturated rings. The predicted molar refractivity (Wildman–Crippen MR) is 136 cm³/mol. The molecule has 8 nitrogen and oxygen atoms in total. The second-order valence-corrected chi connectivity index (χ2v) is 12.4. The molecule has 2 saturated heterocycles. The number of hydrogen-bond acceptors (Lipinski definition) is 7. The van der Waals surface area contributed by atoms with Crippen LogP contribution in [-0.2, 0) is 19.3 Å². The van der Waals surface area contributed by atoms with E-state index in [-0.39, 0.29) is 36.2 Å². The highest BCUT2D eigenvalue weighted by molar-refractivity contribution is 7.90. The quantitative estimate of drug-likeness (QED) is 0.504. The van der Waals surface area contributed by atoms with Crippen molar-refractivity contribution in [1.29, 1.82) is 0 Å². The van der Waals surface area contributed by atoms with Gasteiger partial charge in [0.15, 0.2) is 17.8 Å². The number of fused-ring (bicyclic) bond motifs is 2. The zero-order valence-corrected chi connectivity index (χ0v) is 21.2. The Bertz CT molecular complexity index is 1450. The summed E-state index contributed by atoms with van der Waals surface area (Å²) in [6.07, 6.45) is 4.05. The maximum atomic E-state index is 15.0. The van der Waals surface area contributed by atoms with Crippen LogP contribution in [0.3, 0.4) is 0 Å². The van der Waals surface area contributed by atoms with E-state index >= 15 is 4.39 Å². The van der Waals surface area contributed by atoms with Crippen LogP contribution in [0, 0.1) is 11.7 Å². The minimum atomic E-state index is -2.97. The van der Waals surface area contributed by atoms with Gasteiger partial charge in [0.05, 0.1) is 30.0 Å². The van der Waals surface area contributed by atoms with Gasteiger partial charge in [0.1, 0.15) is 33.8 Å². The first-order chi connectivity index (χ1) is 17.7. The maximum absolute atomic E-state index is 15.0. The van der Waals surface area contributed by atoms with E-state index in [4.69, 9.17) is 14.2 Å². The highest BCUT2D eigenvalue weighted by Crippen LogP contribution is 2.34. The van der Waals surface area contributed by atoms with Crippen molar-refractivity contribution in [3.05, 3.63) is 53.9 Å². The molecule has 37 heavy (non-hydrogen) atoms. The first kappa shape index (κ1) is 24.5. The number of aliphatic hydroxyl groups excluding tert-OH is 1. The van der Waals surface area contributed by atoms with Crippen LogP contribution < -0.4 is 4.74 Å².